The van der Waals surface area contributed by atoms with Gasteiger partial charge in [-0.25, -0.2) is 0 Å². The average Bonchev–Trinajstić information content (AvgIpc) is 2.73. The summed E-state index contributed by atoms with van der Waals surface area (Å²) in [5.74, 6) is 0.957. The Morgan fingerprint density at radius 3 is 2.89 bits per heavy atom. The normalized spacial score (nSPS) is 12.1. The lowest BCUT2D eigenvalue weighted by Gasteiger charge is -2.09. The third kappa shape index (κ3) is 2.62. The Labute approximate surface area is 112 Å². The van der Waals surface area contributed by atoms with Gasteiger partial charge < -0.3 is 4.74 Å². The number of aliphatic imine (C=N–C) groups is 1. The molecule has 0 N–H and O–H groups in total. The van der Waals surface area contributed by atoms with Gasteiger partial charge in [-0.3, -0.25) is 4.99 Å². The molecule has 0 aliphatic rings. The van der Waals surface area contributed by atoms with Gasteiger partial charge in [0, 0.05) is 11.1 Å². The van der Waals surface area contributed by atoms with E-state index in [0.717, 1.165) is 11.3 Å². The number of nitrogens with zero attached hydrogens (tertiary/aromatic N) is 1. The SMILES string of the molecule is C=NC=C(C)c1cc2cccc(OC(C)C)c2s1. The molecule has 0 unspecified atom stereocenters. The van der Waals surface area contributed by atoms with Crippen LogP contribution in [0.25, 0.3) is 15.7 Å². The molecule has 3 heteroatoms. The maximum atomic E-state index is 5.84. The predicted molar refractivity (Wildman–Crippen MR) is 80.8 cm³/mol. The van der Waals surface area contributed by atoms with E-state index in [-0.39, 0.29) is 6.10 Å². The van der Waals surface area contributed by atoms with Gasteiger partial charge in [-0.15, -0.1) is 11.3 Å². The smallest absolute Gasteiger partial charge is 0.137 e. The first-order valence-corrected chi connectivity index (χ1v) is 6.75. The van der Waals surface area contributed by atoms with E-state index < -0.39 is 0 Å². The third-order valence-electron chi connectivity index (χ3n) is 2.54. The molecule has 1 aromatic carbocycles. The van der Waals surface area contributed by atoms with Crippen LogP contribution in [-0.2, 0) is 0 Å². The fourth-order valence-electron chi connectivity index (χ4n) is 1.78. The topological polar surface area (TPSA) is 21.6 Å². The molecule has 0 aliphatic heterocycles. The van der Waals surface area contributed by atoms with E-state index in [1.807, 2.05) is 32.9 Å². The van der Waals surface area contributed by atoms with Crippen molar-refractivity contribution in [2.75, 3.05) is 0 Å². The highest BCUT2D eigenvalue weighted by Crippen LogP contribution is 2.36. The lowest BCUT2D eigenvalue weighted by molar-refractivity contribution is 0.246. The van der Waals surface area contributed by atoms with Crippen LogP contribution in [0.1, 0.15) is 25.6 Å². The highest BCUT2D eigenvalue weighted by molar-refractivity contribution is 7.20. The minimum absolute atomic E-state index is 0.188. The summed E-state index contributed by atoms with van der Waals surface area (Å²) in [5.41, 5.74) is 1.13. The molecule has 2 aromatic rings. The van der Waals surface area contributed by atoms with Crippen LogP contribution < -0.4 is 4.74 Å². The van der Waals surface area contributed by atoms with Crippen molar-refractivity contribution < 1.29 is 4.74 Å². The van der Waals surface area contributed by atoms with E-state index in [0.29, 0.717) is 0 Å². The molecule has 0 atom stereocenters. The molecule has 1 aromatic heterocycles. The number of ether oxygens (including phenoxy) is 1. The quantitative estimate of drug-likeness (QED) is 0.726. The Hall–Kier alpha value is -1.61. The number of benzene rings is 1. The molecule has 94 valence electrons. The molecule has 2 rings (SSSR count). The number of fused-ring (bicyclic) bond motifs is 1. The number of allylic oxidation sites excluding steroid dienone is 1. The van der Waals surface area contributed by atoms with Crippen molar-refractivity contribution in [2.24, 2.45) is 4.99 Å². The summed E-state index contributed by atoms with van der Waals surface area (Å²) >= 11 is 1.73. The van der Waals surface area contributed by atoms with Crippen LogP contribution in [-0.4, -0.2) is 12.8 Å². The zero-order valence-corrected chi connectivity index (χ0v) is 11.8. The van der Waals surface area contributed by atoms with E-state index in [9.17, 15) is 0 Å². The second-order valence-corrected chi connectivity index (χ2v) is 5.50. The highest BCUT2D eigenvalue weighted by atomic mass is 32.1. The van der Waals surface area contributed by atoms with Gasteiger partial charge in [0.2, 0.25) is 0 Å². The average molecular weight is 259 g/mol. The molecule has 0 fully saturated rings. The van der Waals surface area contributed by atoms with Gasteiger partial charge in [0.1, 0.15) is 5.75 Å². The predicted octanol–water partition coefficient (Wildman–Crippen LogP) is 4.75. The first kappa shape index (κ1) is 12.8. The minimum Gasteiger partial charge on any atom is -0.490 e. The molecule has 1 heterocycles. The van der Waals surface area contributed by atoms with Gasteiger partial charge in [0.25, 0.3) is 0 Å². The Kier molecular flexibility index (Phi) is 3.82. The molecule has 18 heavy (non-hydrogen) atoms. The Balaban J connectivity index is 2.50. The zero-order chi connectivity index (χ0) is 13.1. The summed E-state index contributed by atoms with van der Waals surface area (Å²) in [7, 11) is 0. The monoisotopic (exact) mass is 259 g/mol. The van der Waals surface area contributed by atoms with Gasteiger partial charge in [-0.1, -0.05) is 12.1 Å². The summed E-state index contributed by atoms with van der Waals surface area (Å²) in [5, 5.41) is 1.21. The highest BCUT2D eigenvalue weighted by Gasteiger charge is 2.09. The largest absolute Gasteiger partial charge is 0.490 e. The summed E-state index contributed by atoms with van der Waals surface area (Å²) in [6, 6.07) is 8.33. The summed E-state index contributed by atoms with van der Waals surface area (Å²) < 4.78 is 7.03. The molecule has 0 radical (unpaired) electrons. The fourth-order valence-corrected chi connectivity index (χ4v) is 2.86. The Morgan fingerprint density at radius 2 is 2.22 bits per heavy atom. The van der Waals surface area contributed by atoms with Gasteiger partial charge >= 0.3 is 0 Å². The maximum absolute atomic E-state index is 5.84. The van der Waals surface area contributed by atoms with Crippen LogP contribution in [0, 0.1) is 0 Å². The van der Waals surface area contributed by atoms with Crippen molar-refractivity contribution in [3.63, 3.8) is 0 Å². The molecular weight excluding hydrogens is 242 g/mol. The summed E-state index contributed by atoms with van der Waals surface area (Å²) in [6.07, 6.45) is 1.97. The van der Waals surface area contributed by atoms with Crippen LogP contribution in [0.15, 0.2) is 35.5 Å². The molecule has 0 bridgehead atoms. The van der Waals surface area contributed by atoms with Crippen molar-refractivity contribution in [2.45, 2.75) is 26.9 Å². The van der Waals surface area contributed by atoms with Crippen LogP contribution in [0.4, 0.5) is 0 Å². The van der Waals surface area contributed by atoms with E-state index in [1.165, 1.54) is 15.0 Å². The summed E-state index contributed by atoms with van der Waals surface area (Å²) in [6.45, 7) is 9.62. The number of rotatable bonds is 4. The molecule has 2 nitrogen and oxygen atoms in total. The first-order valence-electron chi connectivity index (χ1n) is 5.94. The Morgan fingerprint density at radius 1 is 1.44 bits per heavy atom. The Bertz CT molecular complexity index is 596. The molecule has 0 saturated heterocycles. The van der Waals surface area contributed by atoms with Gasteiger partial charge in [-0.05, 0) is 50.6 Å². The number of hydrogen-bond acceptors (Lipinski definition) is 3. The van der Waals surface area contributed by atoms with Gasteiger partial charge in [0.15, 0.2) is 0 Å². The lowest BCUT2D eigenvalue weighted by atomic mass is 10.2. The second-order valence-electron chi connectivity index (χ2n) is 4.45. The lowest BCUT2D eigenvalue weighted by Crippen LogP contribution is -2.05. The van der Waals surface area contributed by atoms with Crippen molar-refractivity contribution >= 4 is 33.7 Å². The molecule has 0 amide bonds. The standard InChI is InChI=1S/C15H17NOS/c1-10(2)17-13-7-5-6-12-8-14(18-15(12)13)11(3)9-16-4/h5-10H,4H2,1-3H3. The third-order valence-corrected chi connectivity index (χ3v) is 3.84. The van der Waals surface area contributed by atoms with Crippen LogP contribution >= 0.6 is 11.3 Å². The first-order chi connectivity index (χ1) is 8.61. The van der Waals surface area contributed by atoms with Crippen LogP contribution in [0.3, 0.4) is 0 Å². The van der Waals surface area contributed by atoms with E-state index in [1.54, 1.807) is 17.5 Å². The van der Waals surface area contributed by atoms with E-state index in [4.69, 9.17) is 4.74 Å². The van der Waals surface area contributed by atoms with E-state index >= 15 is 0 Å². The van der Waals surface area contributed by atoms with E-state index in [2.05, 4.69) is 23.8 Å². The van der Waals surface area contributed by atoms with Crippen molar-refractivity contribution in [1.29, 1.82) is 0 Å². The van der Waals surface area contributed by atoms with Gasteiger partial charge in [-0.2, -0.15) is 0 Å². The zero-order valence-electron chi connectivity index (χ0n) is 10.9. The summed E-state index contributed by atoms with van der Waals surface area (Å²) in [4.78, 5) is 5.02. The van der Waals surface area contributed by atoms with Crippen molar-refractivity contribution in [3.8, 4) is 5.75 Å². The van der Waals surface area contributed by atoms with Crippen molar-refractivity contribution in [3.05, 3.63) is 35.3 Å². The molecular formula is C15H17NOS. The van der Waals surface area contributed by atoms with Crippen LogP contribution in [0.2, 0.25) is 0 Å². The maximum Gasteiger partial charge on any atom is 0.137 e. The number of thiophene rings is 1. The minimum atomic E-state index is 0.188. The molecule has 0 saturated carbocycles. The van der Waals surface area contributed by atoms with Crippen molar-refractivity contribution in [1.82, 2.24) is 0 Å². The van der Waals surface area contributed by atoms with Gasteiger partial charge in [0.05, 0.1) is 10.8 Å². The molecule has 0 spiro atoms. The van der Waals surface area contributed by atoms with Crippen LogP contribution in [0.5, 0.6) is 5.75 Å². The number of hydrogen-bond donors (Lipinski definition) is 0. The second kappa shape index (κ2) is 5.36. The fraction of sp³-hybridized carbons (Fsp3) is 0.267. The molecule has 0 aliphatic carbocycles.